The van der Waals surface area contributed by atoms with E-state index < -0.39 is 5.54 Å². The summed E-state index contributed by atoms with van der Waals surface area (Å²) >= 11 is 0. The first kappa shape index (κ1) is 13.3. The van der Waals surface area contributed by atoms with Crippen LogP contribution in [0.3, 0.4) is 0 Å². The van der Waals surface area contributed by atoms with E-state index in [4.69, 9.17) is 5.73 Å². The molecule has 0 spiro atoms. The Hall–Kier alpha value is -2.18. The summed E-state index contributed by atoms with van der Waals surface area (Å²) in [7, 11) is 1.73. The van der Waals surface area contributed by atoms with Gasteiger partial charge in [0.15, 0.2) is 0 Å². The molecule has 2 amide bonds. The van der Waals surface area contributed by atoms with Crippen LogP contribution >= 0.6 is 0 Å². The standard InChI is InChI=1S/C12H17N5O2/c1-12(2)11(19)16(3)4-5-17(12)10(18)8-6-14-7-9(13)15-8/h6-7H,4-5H2,1-3H3,(H2,13,15). The number of carbonyl (C=O) groups is 2. The van der Waals surface area contributed by atoms with Crippen LogP contribution in [0.5, 0.6) is 0 Å². The summed E-state index contributed by atoms with van der Waals surface area (Å²) in [5.74, 6) is -0.237. The number of rotatable bonds is 1. The summed E-state index contributed by atoms with van der Waals surface area (Å²) in [4.78, 5) is 35.5. The van der Waals surface area contributed by atoms with Crippen molar-refractivity contribution in [1.29, 1.82) is 0 Å². The number of anilines is 1. The van der Waals surface area contributed by atoms with Crippen molar-refractivity contribution in [2.24, 2.45) is 0 Å². The van der Waals surface area contributed by atoms with E-state index in [0.717, 1.165) is 0 Å². The number of amides is 2. The lowest BCUT2D eigenvalue weighted by molar-refractivity contribution is -0.144. The third-order valence-electron chi connectivity index (χ3n) is 3.32. The molecule has 0 radical (unpaired) electrons. The number of hydrogen-bond acceptors (Lipinski definition) is 5. The summed E-state index contributed by atoms with van der Waals surface area (Å²) in [5.41, 5.74) is 4.79. The number of nitrogens with zero attached hydrogens (tertiary/aromatic N) is 4. The predicted molar refractivity (Wildman–Crippen MR) is 69.2 cm³/mol. The molecule has 0 atom stereocenters. The van der Waals surface area contributed by atoms with Gasteiger partial charge in [-0.1, -0.05) is 0 Å². The minimum absolute atomic E-state index is 0.0936. The van der Waals surface area contributed by atoms with Crippen LogP contribution in [-0.4, -0.2) is 57.3 Å². The first-order valence-corrected chi connectivity index (χ1v) is 5.99. The van der Waals surface area contributed by atoms with Crippen molar-refractivity contribution in [3.63, 3.8) is 0 Å². The highest BCUT2D eigenvalue weighted by Crippen LogP contribution is 2.23. The number of aromatic nitrogens is 2. The minimum atomic E-state index is -0.892. The molecule has 0 aliphatic carbocycles. The Morgan fingerprint density at radius 2 is 2.05 bits per heavy atom. The van der Waals surface area contributed by atoms with E-state index in [1.54, 1.807) is 25.8 Å². The first-order valence-electron chi connectivity index (χ1n) is 5.99. The topological polar surface area (TPSA) is 92.4 Å². The van der Waals surface area contributed by atoms with Crippen LogP contribution in [0.15, 0.2) is 12.4 Å². The molecular formula is C12H17N5O2. The molecule has 0 aromatic carbocycles. The first-order chi connectivity index (χ1) is 8.84. The van der Waals surface area contributed by atoms with Gasteiger partial charge < -0.3 is 15.5 Å². The van der Waals surface area contributed by atoms with Gasteiger partial charge in [0.05, 0.1) is 12.4 Å². The number of nitrogen functional groups attached to an aromatic ring is 1. The third-order valence-corrected chi connectivity index (χ3v) is 3.32. The van der Waals surface area contributed by atoms with E-state index in [2.05, 4.69) is 9.97 Å². The molecule has 1 aliphatic heterocycles. The molecule has 7 heteroatoms. The average Bonchev–Trinajstić information content (AvgIpc) is 2.35. The normalized spacial score (nSPS) is 18.6. The molecule has 7 nitrogen and oxygen atoms in total. The highest BCUT2D eigenvalue weighted by atomic mass is 16.2. The van der Waals surface area contributed by atoms with Crippen LogP contribution in [0.25, 0.3) is 0 Å². The summed E-state index contributed by atoms with van der Waals surface area (Å²) in [6.07, 6.45) is 2.73. The Bertz CT molecular complexity index is 529. The number of likely N-dealkylation sites (N-methyl/N-ethyl adjacent to an activating group) is 1. The van der Waals surface area contributed by atoms with Crippen LogP contribution in [0.1, 0.15) is 24.3 Å². The van der Waals surface area contributed by atoms with E-state index in [9.17, 15) is 9.59 Å². The number of piperazine rings is 1. The monoisotopic (exact) mass is 263 g/mol. The predicted octanol–water partition coefficient (Wildman–Crippen LogP) is -0.248. The zero-order chi connectivity index (χ0) is 14.2. The Morgan fingerprint density at radius 3 is 2.68 bits per heavy atom. The fourth-order valence-electron chi connectivity index (χ4n) is 2.19. The maximum atomic E-state index is 12.4. The van der Waals surface area contributed by atoms with Crippen LogP contribution < -0.4 is 5.73 Å². The molecule has 2 N–H and O–H groups in total. The fraction of sp³-hybridized carbons (Fsp3) is 0.500. The second-order valence-corrected chi connectivity index (χ2v) is 5.07. The molecule has 2 heterocycles. The van der Waals surface area contributed by atoms with E-state index in [0.29, 0.717) is 13.1 Å². The molecule has 1 fully saturated rings. The second kappa shape index (κ2) is 4.49. The van der Waals surface area contributed by atoms with Gasteiger partial charge in [0.1, 0.15) is 17.1 Å². The molecule has 102 valence electrons. The van der Waals surface area contributed by atoms with Crippen LogP contribution in [0.2, 0.25) is 0 Å². The number of nitrogens with two attached hydrogens (primary N) is 1. The van der Waals surface area contributed by atoms with Crippen LogP contribution in [0.4, 0.5) is 5.82 Å². The van der Waals surface area contributed by atoms with Gasteiger partial charge in [-0.15, -0.1) is 0 Å². The molecule has 1 aromatic rings. The molecule has 1 saturated heterocycles. The average molecular weight is 263 g/mol. The summed E-state index contributed by atoms with van der Waals surface area (Å²) in [6.45, 7) is 4.42. The minimum Gasteiger partial charge on any atom is -0.382 e. The smallest absolute Gasteiger partial charge is 0.275 e. The molecule has 1 aliphatic rings. The Kier molecular flexibility index (Phi) is 3.13. The van der Waals surface area contributed by atoms with Crippen molar-refractivity contribution < 1.29 is 9.59 Å². The van der Waals surface area contributed by atoms with Crippen molar-refractivity contribution in [2.45, 2.75) is 19.4 Å². The van der Waals surface area contributed by atoms with Gasteiger partial charge in [-0.2, -0.15) is 0 Å². The van der Waals surface area contributed by atoms with Gasteiger partial charge >= 0.3 is 0 Å². The van der Waals surface area contributed by atoms with Gasteiger partial charge in [-0.05, 0) is 13.8 Å². The largest absolute Gasteiger partial charge is 0.382 e. The molecule has 0 saturated carbocycles. The maximum Gasteiger partial charge on any atom is 0.275 e. The van der Waals surface area contributed by atoms with Crippen molar-refractivity contribution in [2.75, 3.05) is 25.9 Å². The van der Waals surface area contributed by atoms with Crippen LogP contribution in [-0.2, 0) is 4.79 Å². The van der Waals surface area contributed by atoms with Crippen molar-refractivity contribution in [1.82, 2.24) is 19.8 Å². The van der Waals surface area contributed by atoms with Gasteiger partial charge in [0.25, 0.3) is 5.91 Å². The Balaban J connectivity index is 2.31. The lowest BCUT2D eigenvalue weighted by atomic mass is 9.97. The van der Waals surface area contributed by atoms with Gasteiger partial charge in [0.2, 0.25) is 5.91 Å². The van der Waals surface area contributed by atoms with Crippen molar-refractivity contribution >= 4 is 17.6 Å². The van der Waals surface area contributed by atoms with E-state index in [1.165, 1.54) is 17.3 Å². The molecule has 2 rings (SSSR count). The number of carbonyl (C=O) groups excluding carboxylic acids is 2. The molecule has 0 bridgehead atoms. The zero-order valence-corrected chi connectivity index (χ0v) is 11.3. The third kappa shape index (κ3) is 2.23. The highest BCUT2D eigenvalue weighted by molar-refractivity contribution is 5.98. The lowest BCUT2D eigenvalue weighted by Gasteiger charge is -2.44. The molecule has 1 aromatic heterocycles. The van der Waals surface area contributed by atoms with E-state index in [-0.39, 0.29) is 23.3 Å². The maximum absolute atomic E-state index is 12.4. The van der Waals surface area contributed by atoms with Crippen molar-refractivity contribution in [3.8, 4) is 0 Å². The number of hydrogen-bond donors (Lipinski definition) is 1. The Morgan fingerprint density at radius 1 is 1.37 bits per heavy atom. The second-order valence-electron chi connectivity index (χ2n) is 5.07. The molecular weight excluding hydrogens is 246 g/mol. The SMILES string of the molecule is CN1CCN(C(=O)c2cncc(N)n2)C(C)(C)C1=O. The van der Waals surface area contributed by atoms with Gasteiger partial charge in [-0.25, -0.2) is 4.98 Å². The van der Waals surface area contributed by atoms with E-state index >= 15 is 0 Å². The summed E-state index contributed by atoms with van der Waals surface area (Å²) in [6, 6.07) is 0. The fourth-order valence-corrected chi connectivity index (χ4v) is 2.19. The van der Waals surface area contributed by atoms with Gasteiger partial charge in [0, 0.05) is 20.1 Å². The highest BCUT2D eigenvalue weighted by Gasteiger charge is 2.43. The quantitative estimate of drug-likeness (QED) is 0.754. The molecule has 0 unspecified atom stereocenters. The zero-order valence-electron chi connectivity index (χ0n) is 11.3. The lowest BCUT2D eigenvalue weighted by Crippen LogP contribution is -2.63. The van der Waals surface area contributed by atoms with Crippen molar-refractivity contribution in [3.05, 3.63) is 18.1 Å². The van der Waals surface area contributed by atoms with Crippen LogP contribution in [0, 0.1) is 0 Å². The van der Waals surface area contributed by atoms with E-state index in [1.807, 2.05) is 0 Å². The Labute approximate surface area is 111 Å². The van der Waals surface area contributed by atoms with Gasteiger partial charge in [-0.3, -0.25) is 14.6 Å². The molecule has 19 heavy (non-hydrogen) atoms. The summed E-state index contributed by atoms with van der Waals surface area (Å²) in [5, 5.41) is 0. The summed E-state index contributed by atoms with van der Waals surface area (Å²) < 4.78 is 0.